The Bertz CT molecular complexity index is 1130. The van der Waals surface area contributed by atoms with Crippen molar-refractivity contribution in [2.45, 2.75) is 18.7 Å². The highest BCUT2D eigenvalue weighted by Gasteiger charge is 2.41. The summed E-state index contributed by atoms with van der Waals surface area (Å²) in [6, 6.07) is 22.6. The summed E-state index contributed by atoms with van der Waals surface area (Å²) in [7, 11) is 0. The standard InChI is InChI=1S/C23H17BrN2O3/c24-16-8-5-14(6-9-16)23-26-19(17-3-1-2-4-20(17)29-23)12-18(25-26)15-7-10-21-22(11-15)28-13-27-21/h1-11,19,23H,12-13H2/t19-,23-/m1/s1. The third-order valence-electron chi connectivity index (χ3n) is 5.56. The van der Waals surface area contributed by atoms with E-state index in [1.807, 2.05) is 42.5 Å². The summed E-state index contributed by atoms with van der Waals surface area (Å²) < 4.78 is 18.4. The first-order chi connectivity index (χ1) is 14.3. The van der Waals surface area contributed by atoms with Crippen LogP contribution in [0.5, 0.6) is 17.2 Å². The maximum atomic E-state index is 6.39. The summed E-state index contributed by atoms with van der Waals surface area (Å²) in [5.74, 6) is 2.48. The van der Waals surface area contributed by atoms with E-state index >= 15 is 0 Å². The zero-order valence-electron chi connectivity index (χ0n) is 15.4. The van der Waals surface area contributed by atoms with Gasteiger partial charge in [0, 0.05) is 27.6 Å². The first-order valence-corrected chi connectivity index (χ1v) is 10.3. The second kappa shape index (κ2) is 6.52. The molecule has 0 bridgehead atoms. The molecule has 29 heavy (non-hydrogen) atoms. The third-order valence-corrected chi connectivity index (χ3v) is 6.09. The van der Waals surface area contributed by atoms with Crippen LogP contribution in [0.1, 0.15) is 35.4 Å². The van der Waals surface area contributed by atoms with Gasteiger partial charge < -0.3 is 14.2 Å². The van der Waals surface area contributed by atoms with Gasteiger partial charge in [-0.05, 0) is 36.4 Å². The lowest BCUT2D eigenvalue weighted by atomic mass is 9.96. The Hall–Kier alpha value is -2.99. The Morgan fingerprint density at radius 2 is 1.72 bits per heavy atom. The van der Waals surface area contributed by atoms with Crippen LogP contribution in [0.15, 0.2) is 76.3 Å². The van der Waals surface area contributed by atoms with Crippen LogP contribution in [0.2, 0.25) is 0 Å². The summed E-state index contributed by atoms with van der Waals surface area (Å²) in [6.07, 6.45) is 0.544. The molecule has 5 nitrogen and oxygen atoms in total. The molecule has 0 radical (unpaired) electrons. The molecule has 0 N–H and O–H groups in total. The molecular weight excluding hydrogens is 432 g/mol. The fraction of sp³-hybridized carbons (Fsp3) is 0.174. The number of hydrogen-bond donors (Lipinski definition) is 0. The Kier molecular flexibility index (Phi) is 3.81. The number of fused-ring (bicyclic) bond motifs is 4. The number of halogens is 1. The number of hydrogen-bond acceptors (Lipinski definition) is 5. The zero-order chi connectivity index (χ0) is 19.4. The topological polar surface area (TPSA) is 43.3 Å². The minimum Gasteiger partial charge on any atom is -0.464 e. The third kappa shape index (κ3) is 2.78. The number of benzene rings is 3. The van der Waals surface area contributed by atoms with Crippen LogP contribution in [-0.4, -0.2) is 17.5 Å². The highest BCUT2D eigenvalue weighted by Crippen LogP contribution is 2.47. The molecule has 3 aromatic carbocycles. The molecule has 3 aliphatic heterocycles. The van der Waals surface area contributed by atoms with Gasteiger partial charge in [-0.1, -0.05) is 46.3 Å². The molecule has 0 fully saturated rings. The molecule has 0 spiro atoms. The smallest absolute Gasteiger partial charge is 0.231 e. The van der Waals surface area contributed by atoms with Crippen LogP contribution in [0.4, 0.5) is 0 Å². The van der Waals surface area contributed by atoms with Crippen molar-refractivity contribution in [1.29, 1.82) is 0 Å². The van der Waals surface area contributed by atoms with E-state index in [2.05, 4.69) is 45.2 Å². The first-order valence-electron chi connectivity index (χ1n) is 9.53. The average molecular weight is 449 g/mol. The molecule has 2 atom stereocenters. The molecule has 144 valence electrons. The van der Waals surface area contributed by atoms with Crippen LogP contribution < -0.4 is 14.2 Å². The van der Waals surface area contributed by atoms with Crippen molar-refractivity contribution in [1.82, 2.24) is 5.01 Å². The first kappa shape index (κ1) is 16.9. The minimum absolute atomic E-state index is 0.133. The second-order valence-corrected chi connectivity index (χ2v) is 8.19. The number of ether oxygens (including phenoxy) is 3. The number of nitrogens with zero attached hydrogens (tertiary/aromatic N) is 2. The van der Waals surface area contributed by atoms with Gasteiger partial charge in [-0.3, -0.25) is 0 Å². The van der Waals surface area contributed by atoms with Gasteiger partial charge in [-0.15, -0.1) is 0 Å². The van der Waals surface area contributed by atoms with E-state index in [1.165, 1.54) is 5.56 Å². The Balaban J connectivity index is 1.42. The maximum Gasteiger partial charge on any atom is 0.231 e. The molecule has 6 heteroatoms. The number of hydrazone groups is 1. The van der Waals surface area contributed by atoms with E-state index in [0.717, 1.165) is 45.0 Å². The zero-order valence-corrected chi connectivity index (χ0v) is 17.0. The second-order valence-electron chi connectivity index (χ2n) is 7.27. The van der Waals surface area contributed by atoms with E-state index in [4.69, 9.17) is 19.3 Å². The Morgan fingerprint density at radius 1 is 0.897 bits per heavy atom. The predicted octanol–water partition coefficient (Wildman–Crippen LogP) is 5.42. The lowest BCUT2D eigenvalue weighted by molar-refractivity contribution is -0.0190. The number of para-hydroxylation sites is 1. The number of rotatable bonds is 2. The van der Waals surface area contributed by atoms with Gasteiger partial charge in [0.2, 0.25) is 13.0 Å². The molecule has 0 amide bonds. The quantitative estimate of drug-likeness (QED) is 0.524. The molecule has 3 aliphatic rings. The van der Waals surface area contributed by atoms with Gasteiger partial charge in [-0.25, -0.2) is 5.01 Å². The van der Waals surface area contributed by atoms with Crippen molar-refractivity contribution in [3.05, 3.63) is 87.9 Å². The largest absolute Gasteiger partial charge is 0.464 e. The van der Waals surface area contributed by atoms with Crippen LogP contribution in [-0.2, 0) is 0 Å². The molecule has 0 aromatic heterocycles. The molecule has 0 unspecified atom stereocenters. The average Bonchev–Trinajstić information content (AvgIpc) is 3.40. The van der Waals surface area contributed by atoms with Crippen LogP contribution in [0.3, 0.4) is 0 Å². The molecular formula is C23H17BrN2O3. The van der Waals surface area contributed by atoms with Crippen molar-refractivity contribution in [3.63, 3.8) is 0 Å². The summed E-state index contributed by atoms with van der Waals surface area (Å²) in [6.45, 7) is 0.271. The van der Waals surface area contributed by atoms with Crippen LogP contribution >= 0.6 is 15.9 Å². The predicted molar refractivity (Wildman–Crippen MR) is 112 cm³/mol. The SMILES string of the molecule is Brc1ccc([C@H]2Oc3ccccc3[C@H]3CC(c4ccc5c(c4)OCO5)=NN32)cc1. The van der Waals surface area contributed by atoms with Crippen LogP contribution in [0.25, 0.3) is 0 Å². The van der Waals surface area contributed by atoms with Gasteiger partial charge in [0.15, 0.2) is 11.5 Å². The molecule has 3 heterocycles. The summed E-state index contributed by atoms with van der Waals surface area (Å²) in [4.78, 5) is 0. The van der Waals surface area contributed by atoms with Crippen molar-refractivity contribution < 1.29 is 14.2 Å². The van der Waals surface area contributed by atoms with Gasteiger partial charge in [-0.2, -0.15) is 5.10 Å². The van der Waals surface area contributed by atoms with Gasteiger partial charge >= 0.3 is 0 Å². The van der Waals surface area contributed by atoms with Gasteiger partial charge in [0.05, 0.1) is 11.8 Å². The lowest BCUT2D eigenvalue weighted by Crippen LogP contribution is -2.33. The Morgan fingerprint density at radius 3 is 2.62 bits per heavy atom. The maximum absolute atomic E-state index is 6.39. The molecule has 3 aromatic rings. The normalized spacial score (nSPS) is 21.3. The summed E-state index contributed by atoms with van der Waals surface area (Å²) in [5.41, 5.74) is 4.31. The van der Waals surface area contributed by atoms with Crippen molar-refractivity contribution in [2.75, 3.05) is 6.79 Å². The fourth-order valence-electron chi connectivity index (χ4n) is 4.13. The van der Waals surface area contributed by atoms with E-state index < -0.39 is 0 Å². The van der Waals surface area contributed by atoms with E-state index in [9.17, 15) is 0 Å². The van der Waals surface area contributed by atoms with Crippen molar-refractivity contribution in [3.8, 4) is 17.2 Å². The monoisotopic (exact) mass is 448 g/mol. The van der Waals surface area contributed by atoms with Gasteiger partial charge in [0.25, 0.3) is 0 Å². The fourth-order valence-corrected chi connectivity index (χ4v) is 4.40. The van der Waals surface area contributed by atoms with E-state index in [0.29, 0.717) is 0 Å². The summed E-state index contributed by atoms with van der Waals surface area (Å²) in [5, 5.41) is 7.09. The Labute approximate surface area is 176 Å². The van der Waals surface area contributed by atoms with Gasteiger partial charge in [0.1, 0.15) is 5.75 Å². The molecule has 0 aliphatic carbocycles. The molecule has 0 saturated heterocycles. The summed E-state index contributed by atoms with van der Waals surface area (Å²) >= 11 is 3.51. The minimum atomic E-state index is -0.269. The van der Waals surface area contributed by atoms with Crippen molar-refractivity contribution >= 4 is 21.6 Å². The lowest BCUT2D eigenvalue weighted by Gasteiger charge is -2.38. The van der Waals surface area contributed by atoms with Crippen molar-refractivity contribution in [2.24, 2.45) is 5.10 Å². The highest BCUT2D eigenvalue weighted by molar-refractivity contribution is 9.10. The van der Waals surface area contributed by atoms with Crippen LogP contribution in [0, 0.1) is 0 Å². The van der Waals surface area contributed by atoms with E-state index in [1.54, 1.807) is 0 Å². The molecule has 6 rings (SSSR count). The van der Waals surface area contributed by atoms with E-state index in [-0.39, 0.29) is 19.1 Å². The molecule has 0 saturated carbocycles. The highest BCUT2D eigenvalue weighted by atomic mass is 79.9.